The van der Waals surface area contributed by atoms with Gasteiger partial charge in [0.1, 0.15) is 5.82 Å². The molecule has 0 aliphatic carbocycles. The van der Waals surface area contributed by atoms with Crippen molar-refractivity contribution in [2.24, 2.45) is 0 Å². The molecule has 1 heterocycles. The van der Waals surface area contributed by atoms with E-state index in [0.717, 1.165) is 0 Å². The van der Waals surface area contributed by atoms with Gasteiger partial charge in [-0.3, -0.25) is 0 Å². The molecule has 19 heavy (non-hydrogen) atoms. The SMILES string of the molecule is O=S(=O)(NCc1cc(F)cc(Br)c1)N1CCOCC1. The van der Waals surface area contributed by atoms with E-state index in [-0.39, 0.29) is 6.54 Å². The van der Waals surface area contributed by atoms with E-state index in [4.69, 9.17) is 4.74 Å². The molecule has 0 spiro atoms. The Morgan fingerprint density at radius 1 is 1.32 bits per heavy atom. The fourth-order valence-electron chi connectivity index (χ4n) is 1.77. The minimum absolute atomic E-state index is 0.0516. The molecule has 1 N–H and O–H groups in total. The summed E-state index contributed by atoms with van der Waals surface area (Å²) in [6.45, 7) is 1.51. The first-order valence-electron chi connectivity index (χ1n) is 5.75. The highest BCUT2D eigenvalue weighted by Gasteiger charge is 2.23. The van der Waals surface area contributed by atoms with Crippen molar-refractivity contribution >= 4 is 26.1 Å². The number of halogens is 2. The molecule has 0 saturated carbocycles. The minimum atomic E-state index is -3.54. The van der Waals surface area contributed by atoms with Crippen molar-refractivity contribution < 1.29 is 17.5 Å². The van der Waals surface area contributed by atoms with Crippen LogP contribution >= 0.6 is 15.9 Å². The number of nitrogens with one attached hydrogen (secondary N) is 1. The van der Waals surface area contributed by atoms with Gasteiger partial charge in [-0.15, -0.1) is 0 Å². The van der Waals surface area contributed by atoms with Gasteiger partial charge in [0, 0.05) is 24.1 Å². The fraction of sp³-hybridized carbons (Fsp3) is 0.455. The van der Waals surface area contributed by atoms with Crippen LogP contribution in [-0.4, -0.2) is 39.0 Å². The minimum Gasteiger partial charge on any atom is -0.379 e. The van der Waals surface area contributed by atoms with Crippen LogP contribution in [0.5, 0.6) is 0 Å². The Kier molecular flexibility index (Phi) is 4.91. The number of hydrogen-bond donors (Lipinski definition) is 1. The molecule has 0 radical (unpaired) electrons. The van der Waals surface area contributed by atoms with Gasteiger partial charge in [0.15, 0.2) is 0 Å². The lowest BCUT2D eigenvalue weighted by molar-refractivity contribution is 0.0725. The molecule has 0 aromatic heterocycles. The first kappa shape index (κ1) is 14.9. The summed E-state index contributed by atoms with van der Waals surface area (Å²) in [5.74, 6) is -0.407. The van der Waals surface area contributed by atoms with E-state index in [2.05, 4.69) is 20.7 Å². The van der Waals surface area contributed by atoms with Crippen molar-refractivity contribution in [3.8, 4) is 0 Å². The van der Waals surface area contributed by atoms with E-state index >= 15 is 0 Å². The van der Waals surface area contributed by atoms with Crippen LogP contribution in [0.4, 0.5) is 4.39 Å². The second-order valence-electron chi connectivity index (χ2n) is 4.12. The first-order valence-corrected chi connectivity index (χ1v) is 7.98. The van der Waals surface area contributed by atoms with Gasteiger partial charge < -0.3 is 4.74 Å². The maximum absolute atomic E-state index is 13.2. The molecule has 1 aromatic rings. The van der Waals surface area contributed by atoms with Gasteiger partial charge in [-0.05, 0) is 23.8 Å². The zero-order valence-electron chi connectivity index (χ0n) is 10.1. The van der Waals surface area contributed by atoms with Gasteiger partial charge in [0.05, 0.1) is 13.2 Å². The van der Waals surface area contributed by atoms with E-state index in [1.165, 1.54) is 16.4 Å². The van der Waals surface area contributed by atoms with Crippen molar-refractivity contribution in [1.82, 2.24) is 9.03 Å². The smallest absolute Gasteiger partial charge is 0.279 e. The lowest BCUT2D eigenvalue weighted by atomic mass is 10.2. The third-order valence-electron chi connectivity index (χ3n) is 2.69. The van der Waals surface area contributed by atoms with Gasteiger partial charge >= 0.3 is 0 Å². The highest BCUT2D eigenvalue weighted by molar-refractivity contribution is 9.10. The van der Waals surface area contributed by atoms with E-state index in [1.807, 2.05) is 0 Å². The lowest BCUT2D eigenvalue weighted by Gasteiger charge is -2.26. The van der Waals surface area contributed by atoms with Gasteiger partial charge in [-0.25, -0.2) is 4.39 Å². The predicted molar refractivity (Wildman–Crippen MR) is 72.3 cm³/mol. The van der Waals surface area contributed by atoms with E-state index in [1.54, 1.807) is 6.07 Å². The van der Waals surface area contributed by atoms with Crippen LogP contribution in [0.15, 0.2) is 22.7 Å². The quantitative estimate of drug-likeness (QED) is 0.887. The molecule has 0 atom stereocenters. The molecular weight excluding hydrogens is 339 g/mol. The molecule has 8 heteroatoms. The summed E-state index contributed by atoms with van der Waals surface area (Å²) in [5.41, 5.74) is 0.559. The van der Waals surface area contributed by atoms with E-state index < -0.39 is 16.0 Å². The van der Waals surface area contributed by atoms with Crippen molar-refractivity contribution in [3.05, 3.63) is 34.1 Å². The average molecular weight is 353 g/mol. The Hall–Kier alpha value is -0.540. The third kappa shape index (κ3) is 4.22. The van der Waals surface area contributed by atoms with Crippen molar-refractivity contribution in [2.75, 3.05) is 26.3 Å². The zero-order chi connectivity index (χ0) is 13.9. The lowest BCUT2D eigenvalue weighted by Crippen LogP contribution is -2.46. The Morgan fingerprint density at radius 2 is 2.00 bits per heavy atom. The molecule has 1 aliphatic rings. The van der Waals surface area contributed by atoms with Crippen LogP contribution in [0.25, 0.3) is 0 Å². The van der Waals surface area contributed by atoms with Gasteiger partial charge in [0.2, 0.25) is 0 Å². The highest BCUT2D eigenvalue weighted by Crippen LogP contribution is 2.15. The van der Waals surface area contributed by atoms with Crippen LogP contribution in [0.1, 0.15) is 5.56 Å². The van der Waals surface area contributed by atoms with Crippen LogP contribution in [0.2, 0.25) is 0 Å². The standard InChI is InChI=1S/C11H14BrFN2O3S/c12-10-5-9(6-11(13)7-10)8-14-19(16,17)15-1-3-18-4-2-15/h5-7,14H,1-4,8H2. The van der Waals surface area contributed by atoms with Crippen molar-refractivity contribution in [1.29, 1.82) is 0 Å². The van der Waals surface area contributed by atoms with Gasteiger partial charge in [-0.2, -0.15) is 17.4 Å². The highest BCUT2D eigenvalue weighted by atomic mass is 79.9. The molecule has 1 saturated heterocycles. The topological polar surface area (TPSA) is 58.6 Å². The maximum Gasteiger partial charge on any atom is 0.279 e. The van der Waals surface area contributed by atoms with Crippen LogP contribution in [0, 0.1) is 5.82 Å². The molecule has 1 aromatic carbocycles. The second-order valence-corrected chi connectivity index (χ2v) is 6.79. The monoisotopic (exact) mass is 352 g/mol. The molecular formula is C11H14BrFN2O3S. The van der Waals surface area contributed by atoms with Crippen LogP contribution in [0.3, 0.4) is 0 Å². The van der Waals surface area contributed by atoms with E-state index in [0.29, 0.717) is 36.3 Å². The van der Waals surface area contributed by atoms with Crippen molar-refractivity contribution in [3.63, 3.8) is 0 Å². The van der Waals surface area contributed by atoms with Gasteiger partial charge in [0.25, 0.3) is 10.2 Å². The molecule has 1 fully saturated rings. The summed E-state index contributed by atoms with van der Waals surface area (Å²) in [4.78, 5) is 0. The fourth-order valence-corrected chi connectivity index (χ4v) is 3.44. The number of benzene rings is 1. The summed E-state index contributed by atoms with van der Waals surface area (Å²) >= 11 is 3.17. The number of morpholine rings is 1. The summed E-state index contributed by atoms with van der Waals surface area (Å²) in [6, 6.07) is 4.29. The Balaban J connectivity index is 2.00. The molecule has 0 amide bonds. The Labute approximate surface area is 120 Å². The molecule has 2 rings (SSSR count). The average Bonchev–Trinajstić information content (AvgIpc) is 2.37. The second kappa shape index (κ2) is 6.27. The number of ether oxygens (including phenoxy) is 1. The normalized spacial score (nSPS) is 17.6. The number of rotatable bonds is 4. The first-order chi connectivity index (χ1) is 8.97. The summed E-state index contributed by atoms with van der Waals surface area (Å²) in [6.07, 6.45) is 0. The number of nitrogens with zero attached hydrogens (tertiary/aromatic N) is 1. The largest absolute Gasteiger partial charge is 0.379 e. The molecule has 0 bridgehead atoms. The number of hydrogen-bond acceptors (Lipinski definition) is 3. The van der Waals surface area contributed by atoms with E-state index in [9.17, 15) is 12.8 Å². The molecule has 5 nitrogen and oxygen atoms in total. The Morgan fingerprint density at radius 3 is 2.63 bits per heavy atom. The summed E-state index contributed by atoms with van der Waals surface area (Å²) < 4.78 is 46.6. The molecule has 0 unspecified atom stereocenters. The molecule has 1 aliphatic heterocycles. The van der Waals surface area contributed by atoms with Crippen LogP contribution in [-0.2, 0) is 21.5 Å². The maximum atomic E-state index is 13.2. The van der Waals surface area contributed by atoms with Crippen LogP contribution < -0.4 is 4.72 Å². The summed E-state index contributed by atoms with van der Waals surface area (Å²) in [5, 5.41) is 0. The molecule has 106 valence electrons. The van der Waals surface area contributed by atoms with Gasteiger partial charge in [-0.1, -0.05) is 15.9 Å². The van der Waals surface area contributed by atoms with Crippen molar-refractivity contribution in [2.45, 2.75) is 6.54 Å². The summed E-state index contributed by atoms with van der Waals surface area (Å²) in [7, 11) is -3.54. The third-order valence-corrected chi connectivity index (χ3v) is 4.70. The zero-order valence-corrected chi connectivity index (χ0v) is 12.5. The Bertz CT molecular complexity index is 527. The predicted octanol–water partition coefficient (Wildman–Crippen LogP) is 1.25.